The number of rotatable bonds is 4. The van der Waals surface area contributed by atoms with E-state index in [1.54, 1.807) is 11.4 Å². The number of hydrogen-bond donors (Lipinski definition) is 1. The highest BCUT2D eigenvalue weighted by Gasteiger charge is 2.14. The molecule has 0 fully saturated rings. The topological polar surface area (TPSA) is 68.5 Å². The maximum atomic E-state index is 12.4. The number of nitrogens with zero attached hydrogens (tertiary/aromatic N) is 3. The molecular formula is C16H14F2N4O2. The molecule has 0 spiro atoms. The number of halogens is 2. The Balaban J connectivity index is 1.81. The lowest BCUT2D eigenvalue weighted by atomic mass is 10.2. The summed E-state index contributed by atoms with van der Waals surface area (Å²) in [6.45, 7) is 0.732. The van der Waals surface area contributed by atoms with E-state index in [0.29, 0.717) is 22.6 Å². The molecule has 0 saturated heterocycles. The van der Waals surface area contributed by atoms with Gasteiger partial charge < -0.3 is 10.1 Å². The summed E-state index contributed by atoms with van der Waals surface area (Å²) in [5.74, 6) is -0.341. The Morgan fingerprint density at radius 2 is 1.96 bits per heavy atom. The smallest absolute Gasteiger partial charge is 0.387 e. The van der Waals surface area contributed by atoms with Crippen LogP contribution in [0.15, 0.2) is 36.5 Å². The Morgan fingerprint density at radius 1 is 1.25 bits per heavy atom. The van der Waals surface area contributed by atoms with Crippen LogP contribution in [0.4, 0.5) is 14.5 Å². The Labute approximate surface area is 136 Å². The Hall–Kier alpha value is -3.03. The molecule has 1 N–H and O–H groups in total. The molecule has 0 aliphatic carbocycles. The van der Waals surface area contributed by atoms with Crippen molar-refractivity contribution in [1.29, 1.82) is 0 Å². The molecular weight excluding hydrogens is 318 g/mol. The SMILES string of the molecule is Cc1cc2ncc(C(=O)Nc3ccc(OC(F)F)cc3)c(C)n2n1. The first-order valence-corrected chi connectivity index (χ1v) is 7.12. The average Bonchev–Trinajstić information content (AvgIpc) is 2.90. The molecule has 0 saturated carbocycles. The molecule has 0 aliphatic rings. The number of alkyl halides is 2. The number of anilines is 1. The minimum Gasteiger partial charge on any atom is -0.435 e. The zero-order chi connectivity index (χ0) is 17.3. The molecule has 8 heteroatoms. The van der Waals surface area contributed by atoms with Crippen LogP contribution in [0, 0.1) is 13.8 Å². The summed E-state index contributed by atoms with van der Waals surface area (Å²) in [6, 6.07) is 7.49. The highest BCUT2D eigenvalue weighted by molar-refractivity contribution is 6.04. The minimum absolute atomic E-state index is 0.0225. The van der Waals surface area contributed by atoms with Crippen LogP contribution in [0.2, 0.25) is 0 Å². The third-order valence-corrected chi connectivity index (χ3v) is 3.43. The number of nitrogens with one attached hydrogen (secondary N) is 1. The summed E-state index contributed by atoms with van der Waals surface area (Å²) < 4.78 is 30.1. The number of benzene rings is 1. The summed E-state index contributed by atoms with van der Waals surface area (Å²) in [7, 11) is 0. The standard InChI is InChI=1S/C16H14F2N4O2/c1-9-7-14-19-8-13(10(2)22(14)21-9)15(23)20-11-3-5-12(6-4-11)24-16(17)18/h3-8,16H,1-2H3,(H,20,23). The maximum Gasteiger partial charge on any atom is 0.387 e. The lowest BCUT2D eigenvalue weighted by Crippen LogP contribution is -2.16. The number of fused-ring (bicyclic) bond motifs is 1. The summed E-state index contributed by atoms with van der Waals surface area (Å²) in [5.41, 5.74) is 2.95. The van der Waals surface area contributed by atoms with Crippen LogP contribution in [-0.2, 0) is 0 Å². The van der Waals surface area contributed by atoms with Crippen molar-refractivity contribution in [3.05, 3.63) is 53.5 Å². The van der Waals surface area contributed by atoms with E-state index >= 15 is 0 Å². The quantitative estimate of drug-likeness (QED) is 0.796. The van der Waals surface area contributed by atoms with Crippen molar-refractivity contribution in [3.63, 3.8) is 0 Å². The van der Waals surface area contributed by atoms with Gasteiger partial charge in [-0.1, -0.05) is 0 Å². The van der Waals surface area contributed by atoms with E-state index in [4.69, 9.17) is 0 Å². The first-order chi connectivity index (χ1) is 11.4. The molecule has 6 nitrogen and oxygen atoms in total. The van der Waals surface area contributed by atoms with Crippen molar-refractivity contribution in [2.75, 3.05) is 5.32 Å². The average molecular weight is 332 g/mol. The van der Waals surface area contributed by atoms with Crippen LogP contribution in [0.1, 0.15) is 21.7 Å². The molecule has 24 heavy (non-hydrogen) atoms. The first kappa shape index (κ1) is 15.9. The predicted octanol–water partition coefficient (Wildman–Crippen LogP) is 3.20. The van der Waals surface area contributed by atoms with Crippen molar-refractivity contribution in [3.8, 4) is 5.75 Å². The van der Waals surface area contributed by atoms with Crippen molar-refractivity contribution in [2.24, 2.45) is 0 Å². The van der Waals surface area contributed by atoms with Crippen LogP contribution < -0.4 is 10.1 Å². The normalized spacial score (nSPS) is 11.0. The van der Waals surface area contributed by atoms with Crippen molar-refractivity contribution in [1.82, 2.24) is 14.6 Å². The van der Waals surface area contributed by atoms with Gasteiger partial charge in [-0.25, -0.2) is 9.50 Å². The van der Waals surface area contributed by atoms with Gasteiger partial charge in [0, 0.05) is 18.0 Å². The van der Waals surface area contributed by atoms with E-state index in [1.807, 2.05) is 13.0 Å². The van der Waals surface area contributed by atoms with Gasteiger partial charge in [0.2, 0.25) is 0 Å². The molecule has 0 bridgehead atoms. The molecule has 2 aromatic heterocycles. The van der Waals surface area contributed by atoms with Gasteiger partial charge in [-0.3, -0.25) is 4.79 Å². The van der Waals surface area contributed by atoms with Gasteiger partial charge in [0.05, 0.1) is 17.0 Å². The van der Waals surface area contributed by atoms with Crippen LogP contribution in [-0.4, -0.2) is 27.1 Å². The van der Waals surface area contributed by atoms with Crippen LogP contribution in [0.25, 0.3) is 5.65 Å². The van der Waals surface area contributed by atoms with Gasteiger partial charge in [-0.05, 0) is 38.1 Å². The number of ether oxygens (including phenoxy) is 1. The van der Waals surface area contributed by atoms with E-state index in [9.17, 15) is 13.6 Å². The summed E-state index contributed by atoms with van der Waals surface area (Å²) in [5, 5.41) is 6.98. The highest BCUT2D eigenvalue weighted by Crippen LogP contribution is 2.19. The van der Waals surface area contributed by atoms with Crippen molar-refractivity contribution < 1.29 is 18.3 Å². The van der Waals surface area contributed by atoms with Gasteiger partial charge >= 0.3 is 6.61 Å². The number of aryl methyl sites for hydroxylation is 2. The second-order valence-electron chi connectivity index (χ2n) is 5.17. The lowest BCUT2D eigenvalue weighted by Gasteiger charge is -2.09. The van der Waals surface area contributed by atoms with Crippen molar-refractivity contribution >= 4 is 17.2 Å². The summed E-state index contributed by atoms with van der Waals surface area (Å²) >= 11 is 0. The second kappa shape index (κ2) is 6.23. The monoisotopic (exact) mass is 332 g/mol. The number of hydrogen-bond acceptors (Lipinski definition) is 4. The fourth-order valence-electron chi connectivity index (χ4n) is 2.30. The molecule has 3 rings (SSSR count). The van der Waals surface area contributed by atoms with E-state index < -0.39 is 6.61 Å². The Kier molecular flexibility index (Phi) is 4.11. The molecule has 3 aromatic rings. The first-order valence-electron chi connectivity index (χ1n) is 7.12. The van der Waals surface area contributed by atoms with E-state index in [0.717, 1.165) is 5.69 Å². The van der Waals surface area contributed by atoms with Gasteiger partial charge in [0.15, 0.2) is 5.65 Å². The molecule has 1 aromatic carbocycles. The number of amides is 1. The third kappa shape index (κ3) is 3.17. The number of aromatic nitrogens is 3. The fourth-order valence-corrected chi connectivity index (χ4v) is 2.30. The summed E-state index contributed by atoms with van der Waals surface area (Å²) in [6.07, 6.45) is 1.48. The van der Waals surface area contributed by atoms with Crippen LogP contribution >= 0.6 is 0 Å². The Bertz CT molecular complexity index is 891. The van der Waals surface area contributed by atoms with Gasteiger partial charge in [0.1, 0.15) is 5.75 Å². The maximum absolute atomic E-state index is 12.4. The fraction of sp³-hybridized carbons (Fsp3) is 0.188. The molecule has 1 amide bonds. The van der Waals surface area contributed by atoms with E-state index in [-0.39, 0.29) is 11.7 Å². The largest absolute Gasteiger partial charge is 0.435 e. The second-order valence-corrected chi connectivity index (χ2v) is 5.17. The molecule has 0 radical (unpaired) electrons. The minimum atomic E-state index is -2.89. The zero-order valence-corrected chi connectivity index (χ0v) is 13.0. The molecule has 2 heterocycles. The van der Waals surface area contributed by atoms with Crippen LogP contribution in [0.3, 0.4) is 0 Å². The molecule has 0 aliphatic heterocycles. The van der Waals surface area contributed by atoms with Gasteiger partial charge in [-0.2, -0.15) is 13.9 Å². The number of carbonyl (C=O) groups excluding carboxylic acids is 1. The molecule has 124 valence electrons. The predicted molar refractivity (Wildman–Crippen MR) is 83.5 cm³/mol. The third-order valence-electron chi connectivity index (χ3n) is 3.43. The van der Waals surface area contributed by atoms with Gasteiger partial charge in [0.25, 0.3) is 5.91 Å². The van der Waals surface area contributed by atoms with Crippen molar-refractivity contribution in [2.45, 2.75) is 20.5 Å². The van der Waals surface area contributed by atoms with E-state index in [2.05, 4.69) is 20.1 Å². The number of carbonyl (C=O) groups is 1. The molecule has 0 unspecified atom stereocenters. The zero-order valence-electron chi connectivity index (χ0n) is 13.0. The van der Waals surface area contributed by atoms with E-state index in [1.165, 1.54) is 30.5 Å². The van der Waals surface area contributed by atoms with Crippen LogP contribution in [0.5, 0.6) is 5.75 Å². The lowest BCUT2D eigenvalue weighted by molar-refractivity contribution is -0.0498. The summed E-state index contributed by atoms with van der Waals surface area (Å²) in [4.78, 5) is 16.6. The highest BCUT2D eigenvalue weighted by atomic mass is 19.3. The Morgan fingerprint density at radius 3 is 2.62 bits per heavy atom. The van der Waals surface area contributed by atoms with Gasteiger partial charge in [-0.15, -0.1) is 0 Å². The molecule has 0 atom stereocenters.